The molecular formula is C23H25N3O2S. The van der Waals surface area contributed by atoms with E-state index in [0.717, 1.165) is 12.0 Å². The summed E-state index contributed by atoms with van der Waals surface area (Å²) < 4.78 is 1.22. The van der Waals surface area contributed by atoms with Crippen LogP contribution in [0.1, 0.15) is 11.1 Å². The molecular weight excluding hydrogens is 382 g/mol. The van der Waals surface area contributed by atoms with Crippen LogP contribution >= 0.6 is 11.3 Å². The van der Waals surface area contributed by atoms with E-state index in [2.05, 4.69) is 35.0 Å². The number of piperazine rings is 1. The number of nitrogens with one attached hydrogen (secondary N) is 1. The molecule has 1 N–H and O–H groups in total. The van der Waals surface area contributed by atoms with Crippen LogP contribution in [0.2, 0.25) is 0 Å². The van der Waals surface area contributed by atoms with E-state index in [1.54, 1.807) is 16.2 Å². The van der Waals surface area contributed by atoms with Gasteiger partial charge in [0.15, 0.2) is 0 Å². The van der Waals surface area contributed by atoms with Gasteiger partial charge in [-0.25, -0.2) is 4.79 Å². The van der Waals surface area contributed by atoms with E-state index in [1.165, 1.54) is 15.6 Å². The summed E-state index contributed by atoms with van der Waals surface area (Å²) in [6, 6.07) is 18.3. The van der Waals surface area contributed by atoms with Crippen molar-refractivity contribution in [2.45, 2.75) is 12.8 Å². The van der Waals surface area contributed by atoms with Gasteiger partial charge in [-0.3, -0.25) is 4.79 Å². The number of thiophene rings is 1. The number of carbonyl (C=O) groups excluding carboxylic acids is 2. The molecule has 1 aromatic heterocycles. The van der Waals surface area contributed by atoms with Gasteiger partial charge < -0.3 is 15.1 Å². The molecule has 0 atom stereocenters. The summed E-state index contributed by atoms with van der Waals surface area (Å²) in [5.41, 5.74) is 2.31. The fourth-order valence-electron chi connectivity index (χ4n) is 3.67. The SMILES string of the molecule is O=C(Cc1csc2ccccc12)N1CCN(C(=O)NCCc2ccccc2)CC1. The Hall–Kier alpha value is -2.86. The summed E-state index contributed by atoms with van der Waals surface area (Å²) in [5, 5.41) is 6.24. The lowest BCUT2D eigenvalue weighted by Gasteiger charge is -2.34. The lowest BCUT2D eigenvalue weighted by molar-refractivity contribution is -0.131. The van der Waals surface area contributed by atoms with Gasteiger partial charge in [-0.05, 0) is 34.4 Å². The zero-order valence-electron chi connectivity index (χ0n) is 16.3. The van der Waals surface area contributed by atoms with Crippen LogP contribution in [-0.2, 0) is 17.6 Å². The third-order valence-corrected chi connectivity index (χ3v) is 6.37. The Morgan fingerprint density at radius 1 is 0.897 bits per heavy atom. The minimum absolute atomic E-state index is 0.0446. The van der Waals surface area contributed by atoms with Gasteiger partial charge in [-0.15, -0.1) is 11.3 Å². The predicted molar refractivity (Wildman–Crippen MR) is 117 cm³/mol. The highest BCUT2D eigenvalue weighted by Crippen LogP contribution is 2.26. The molecule has 1 aliphatic heterocycles. The van der Waals surface area contributed by atoms with Gasteiger partial charge in [0, 0.05) is 37.4 Å². The predicted octanol–water partition coefficient (Wildman–Crippen LogP) is 3.54. The number of amides is 3. The second-order valence-corrected chi connectivity index (χ2v) is 8.18. The summed E-state index contributed by atoms with van der Waals surface area (Å²) >= 11 is 1.68. The zero-order valence-corrected chi connectivity index (χ0v) is 17.2. The molecule has 0 saturated carbocycles. The maximum atomic E-state index is 12.7. The Morgan fingerprint density at radius 3 is 2.38 bits per heavy atom. The summed E-state index contributed by atoms with van der Waals surface area (Å²) in [6.07, 6.45) is 1.24. The van der Waals surface area contributed by atoms with Crippen molar-refractivity contribution in [3.63, 3.8) is 0 Å². The van der Waals surface area contributed by atoms with Crippen molar-refractivity contribution in [1.82, 2.24) is 15.1 Å². The molecule has 3 aromatic rings. The van der Waals surface area contributed by atoms with Crippen molar-refractivity contribution in [2.75, 3.05) is 32.7 Å². The van der Waals surface area contributed by atoms with E-state index in [4.69, 9.17) is 0 Å². The van der Waals surface area contributed by atoms with Crippen LogP contribution in [0.3, 0.4) is 0 Å². The van der Waals surface area contributed by atoms with Crippen molar-refractivity contribution in [2.24, 2.45) is 0 Å². The van der Waals surface area contributed by atoms with Gasteiger partial charge in [0.05, 0.1) is 6.42 Å². The molecule has 6 heteroatoms. The number of fused-ring (bicyclic) bond motifs is 1. The van der Waals surface area contributed by atoms with Crippen molar-refractivity contribution in [3.05, 3.63) is 71.1 Å². The number of urea groups is 1. The quantitative estimate of drug-likeness (QED) is 0.703. The molecule has 3 amide bonds. The normalized spacial score (nSPS) is 14.2. The average molecular weight is 408 g/mol. The summed E-state index contributed by atoms with van der Waals surface area (Å²) in [6.45, 7) is 2.95. The van der Waals surface area contributed by atoms with E-state index >= 15 is 0 Å². The van der Waals surface area contributed by atoms with Crippen LogP contribution < -0.4 is 5.32 Å². The molecule has 0 spiro atoms. The first-order chi connectivity index (χ1) is 14.2. The van der Waals surface area contributed by atoms with Crippen molar-refractivity contribution in [1.29, 1.82) is 0 Å². The van der Waals surface area contributed by atoms with Gasteiger partial charge >= 0.3 is 6.03 Å². The third-order valence-electron chi connectivity index (χ3n) is 5.36. The molecule has 4 rings (SSSR count). The summed E-state index contributed by atoms with van der Waals surface area (Å²) in [4.78, 5) is 28.8. The number of rotatable bonds is 5. The molecule has 2 heterocycles. The van der Waals surface area contributed by atoms with Crippen LogP contribution in [0.15, 0.2) is 60.0 Å². The first-order valence-corrected chi connectivity index (χ1v) is 10.9. The highest BCUT2D eigenvalue weighted by molar-refractivity contribution is 7.17. The Bertz CT molecular complexity index is 978. The number of nitrogens with zero attached hydrogens (tertiary/aromatic N) is 2. The standard InChI is InChI=1S/C23H25N3O2S/c27-22(16-19-17-29-21-9-5-4-8-20(19)21)25-12-14-26(15-13-25)23(28)24-11-10-18-6-2-1-3-7-18/h1-9,17H,10-16H2,(H,24,28). The lowest BCUT2D eigenvalue weighted by Crippen LogP contribution is -2.53. The number of hydrogen-bond acceptors (Lipinski definition) is 3. The molecule has 0 radical (unpaired) electrons. The minimum Gasteiger partial charge on any atom is -0.339 e. The molecule has 0 unspecified atom stereocenters. The minimum atomic E-state index is -0.0446. The molecule has 29 heavy (non-hydrogen) atoms. The van der Waals surface area contributed by atoms with Crippen LogP contribution in [0.5, 0.6) is 0 Å². The van der Waals surface area contributed by atoms with Gasteiger partial charge in [0.25, 0.3) is 0 Å². The Balaban J connectivity index is 1.23. The fourth-order valence-corrected chi connectivity index (χ4v) is 4.64. The van der Waals surface area contributed by atoms with Crippen molar-refractivity contribution < 1.29 is 9.59 Å². The first-order valence-electron chi connectivity index (χ1n) is 10.0. The maximum Gasteiger partial charge on any atom is 0.317 e. The van der Waals surface area contributed by atoms with E-state index in [0.29, 0.717) is 39.1 Å². The van der Waals surface area contributed by atoms with E-state index in [-0.39, 0.29) is 11.9 Å². The smallest absolute Gasteiger partial charge is 0.317 e. The number of carbonyl (C=O) groups is 2. The monoisotopic (exact) mass is 407 g/mol. The summed E-state index contributed by atoms with van der Waals surface area (Å²) in [7, 11) is 0. The second-order valence-electron chi connectivity index (χ2n) is 7.27. The van der Waals surface area contributed by atoms with Crippen LogP contribution in [0.4, 0.5) is 4.79 Å². The molecule has 2 aromatic carbocycles. The van der Waals surface area contributed by atoms with E-state index < -0.39 is 0 Å². The van der Waals surface area contributed by atoms with Gasteiger partial charge in [-0.1, -0.05) is 48.5 Å². The maximum absolute atomic E-state index is 12.7. The molecule has 0 bridgehead atoms. The highest BCUT2D eigenvalue weighted by Gasteiger charge is 2.24. The third kappa shape index (κ3) is 4.77. The van der Waals surface area contributed by atoms with E-state index in [9.17, 15) is 9.59 Å². The lowest BCUT2D eigenvalue weighted by atomic mass is 10.1. The molecule has 1 saturated heterocycles. The average Bonchev–Trinajstić information content (AvgIpc) is 3.17. The molecule has 1 fully saturated rings. The van der Waals surface area contributed by atoms with Gasteiger partial charge in [0.1, 0.15) is 0 Å². The fraction of sp³-hybridized carbons (Fsp3) is 0.304. The molecule has 1 aliphatic rings. The van der Waals surface area contributed by atoms with Gasteiger partial charge in [-0.2, -0.15) is 0 Å². The Labute approximate surface area is 174 Å². The molecule has 0 aliphatic carbocycles. The largest absolute Gasteiger partial charge is 0.339 e. The Kier molecular flexibility index (Phi) is 6.10. The van der Waals surface area contributed by atoms with Crippen LogP contribution in [0.25, 0.3) is 10.1 Å². The zero-order chi connectivity index (χ0) is 20.1. The van der Waals surface area contributed by atoms with Crippen molar-refractivity contribution in [3.8, 4) is 0 Å². The topological polar surface area (TPSA) is 52.7 Å². The number of hydrogen-bond donors (Lipinski definition) is 1. The van der Waals surface area contributed by atoms with Crippen LogP contribution in [-0.4, -0.2) is 54.5 Å². The van der Waals surface area contributed by atoms with Gasteiger partial charge in [0.2, 0.25) is 5.91 Å². The number of benzene rings is 2. The molecule has 150 valence electrons. The van der Waals surface area contributed by atoms with Crippen LogP contribution in [0, 0.1) is 0 Å². The first kappa shape index (κ1) is 19.5. The summed E-state index contributed by atoms with van der Waals surface area (Å²) in [5.74, 6) is 0.137. The molecule has 5 nitrogen and oxygen atoms in total. The second kappa shape index (κ2) is 9.09. The Morgan fingerprint density at radius 2 is 1.59 bits per heavy atom. The van der Waals surface area contributed by atoms with Crippen molar-refractivity contribution >= 4 is 33.4 Å². The van der Waals surface area contributed by atoms with E-state index in [1.807, 2.05) is 35.2 Å². The highest BCUT2D eigenvalue weighted by atomic mass is 32.1.